The minimum atomic E-state index is 0. The van der Waals surface area contributed by atoms with Crippen molar-refractivity contribution in [3.8, 4) is 0 Å². The van der Waals surface area contributed by atoms with E-state index in [4.69, 9.17) is 5.73 Å². The van der Waals surface area contributed by atoms with Crippen molar-refractivity contribution in [2.24, 2.45) is 5.73 Å². The van der Waals surface area contributed by atoms with E-state index < -0.39 is 0 Å². The minimum absolute atomic E-state index is 0. The van der Waals surface area contributed by atoms with Crippen molar-refractivity contribution < 1.29 is 4.79 Å². The molecule has 128 valence electrons. The molecule has 0 saturated carbocycles. The highest BCUT2D eigenvalue weighted by molar-refractivity contribution is 8.00. The number of rotatable bonds is 3. The first-order valence-electron chi connectivity index (χ1n) is 7.97. The molecule has 2 unspecified atom stereocenters. The monoisotopic (exact) mass is 362 g/mol. The topological polar surface area (TPSA) is 46.3 Å². The van der Waals surface area contributed by atoms with Gasteiger partial charge in [-0.2, -0.15) is 11.8 Å². The van der Waals surface area contributed by atoms with Crippen molar-refractivity contribution in [2.75, 3.05) is 12.3 Å². The van der Waals surface area contributed by atoms with E-state index >= 15 is 0 Å². The number of nitrogens with zero attached hydrogens (tertiary/aromatic N) is 1. The van der Waals surface area contributed by atoms with Crippen LogP contribution < -0.4 is 5.73 Å². The highest BCUT2D eigenvalue weighted by Gasteiger charge is 2.33. The summed E-state index contributed by atoms with van der Waals surface area (Å²) in [7, 11) is 0. The van der Waals surface area contributed by atoms with Gasteiger partial charge in [0.25, 0.3) is 5.91 Å². The van der Waals surface area contributed by atoms with E-state index in [1.165, 1.54) is 5.56 Å². The Hall–Kier alpha value is -1.49. The molecule has 0 aliphatic carbocycles. The second kappa shape index (κ2) is 8.56. The summed E-state index contributed by atoms with van der Waals surface area (Å²) in [6, 6.07) is 18.1. The fourth-order valence-corrected chi connectivity index (χ4v) is 4.26. The Kier molecular flexibility index (Phi) is 6.72. The van der Waals surface area contributed by atoms with Crippen LogP contribution in [0, 0.1) is 0 Å². The second-order valence-corrected chi connectivity index (χ2v) is 7.32. The van der Waals surface area contributed by atoms with Gasteiger partial charge in [0.2, 0.25) is 0 Å². The third kappa shape index (κ3) is 3.94. The molecular formula is C19H23ClN2OS. The second-order valence-electron chi connectivity index (χ2n) is 5.83. The molecule has 2 aromatic carbocycles. The predicted octanol–water partition coefficient (Wildman–Crippen LogP) is 3.89. The van der Waals surface area contributed by atoms with E-state index in [0.717, 1.165) is 23.4 Å². The number of thioether (sulfide) groups is 1. The molecule has 0 aromatic heterocycles. The third-order valence-electron chi connectivity index (χ3n) is 4.33. The van der Waals surface area contributed by atoms with Gasteiger partial charge in [0.05, 0.1) is 6.04 Å². The molecule has 24 heavy (non-hydrogen) atoms. The maximum atomic E-state index is 13.0. The zero-order valence-corrected chi connectivity index (χ0v) is 15.4. The lowest BCUT2D eigenvalue weighted by Crippen LogP contribution is -2.43. The molecule has 0 radical (unpaired) electrons. The molecule has 0 bridgehead atoms. The quantitative estimate of drug-likeness (QED) is 0.901. The number of carbonyl (C=O) groups is 1. The predicted molar refractivity (Wildman–Crippen MR) is 104 cm³/mol. The van der Waals surface area contributed by atoms with Crippen molar-refractivity contribution in [2.45, 2.75) is 24.8 Å². The average molecular weight is 363 g/mol. The van der Waals surface area contributed by atoms with Crippen LogP contribution in [0.3, 0.4) is 0 Å². The molecule has 3 rings (SSSR count). The Balaban J connectivity index is 0.00000208. The van der Waals surface area contributed by atoms with Gasteiger partial charge in [-0.15, -0.1) is 12.4 Å². The number of halogens is 1. The zero-order chi connectivity index (χ0) is 16.2. The van der Waals surface area contributed by atoms with Gasteiger partial charge >= 0.3 is 0 Å². The molecule has 1 aliphatic rings. The van der Waals surface area contributed by atoms with E-state index in [1.807, 2.05) is 59.1 Å². The molecule has 1 aliphatic heterocycles. The number of nitrogens with two attached hydrogens (primary N) is 1. The Labute approximate surface area is 154 Å². The number of amides is 1. The van der Waals surface area contributed by atoms with Crippen LogP contribution in [-0.2, 0) is 6.54 Å². The minimum Gasteiger partial charge on any atom is -0.330 e. The van der Waals surface area contributed by atoms with Crippen LogP contribution in [0.5, 0.6) is 0 Å². The van der Waals surface area contributed by atoms with Gasteiger partial charge in [0, 0.05) is 29.7 Å². The van der Waals surface area contributed by atoms with Crippen molar-refractivity contribution in [1.82, 2.24) is 4.90 Å². The van der Waals surface area contributed by atoms with Crippen LogP contribution in [0.25, 0.3) is 0 Å². The SMILES string of the molecule is CC1SCCN(C(=O)c2ccc(CN)cc2)C1c1ccccc1.Cl. The molecule has 1 saturated heterocycles. The Bertz CT molecular complexity index is 663. The summed E-state index contributed by atoms with van der Waals surface area (Å²) >= 11 is 1.93. The van der Waals surface area contributed by atoms with Gasteiger partial charge in [-0.05, 0) is 23.3 Å². The highest BCUT2D eigenvalue weighted by atomic mass is 35.5. The third-order valence-corrected chi connectivity index (χ3v) is 5.53. The van der Waals surface area contributed by atoms with Crippen LogP contribution in [0.1, 0.15) is 34.5 Å². The summed E-state index contributed by atoms with van der Waals surface area (Å²) in [6.45, 7) is 3.49. The summed E-state index contributed by atoms with van der Waals surface area (Å²) < 4.78 is 0. The van der Waals surface area contributed by atoms with Crippen molar-refractivity contribution in [3.05, 3.63) is 71.3 Å². The molecule has 2 aromatic rings. The van der Waals surface area contributed by atoms with Crippen LogP contribution >= 0.6 is 24.2 Å². The van der Waals surface area contributed by atoms with Gasteiger partial charge in [0.1, 0.15) is 0 Å². The van der Waals surface area contributed by atoms with E-state index in [2.05, 4.69) is 19.1 Å². The normalized spacial score (nSPS) is 20.3. The van der Waals surface area contributed by atoms with E-state index in [0.29, 0.717) is 11.8 Å². The van der Waals surface area contributed by atoms with Gasteiger partial charge in [-0.3, -0.25) is 4.79 Å². The molecule has 1 heterocycles. The lowest BCUT2D eigenvalue weighted by molar-refractivity contribution is 0.0681. The van der Waals surface area contributed by atoms with E-state index in [9.17, 15) is 4.79 Å². The van der Waals surface area contributed by atoms with Gasteiger partial charge in [-0.1, -0.05) is 49.4 Å². The summed E-state index contributed by atoms with van der Waals surface area (Å²) in [5, 5.41) is 0.387. The molecule has 2 N–H and O–H groups in total. The summed E-state index contributed by atoms with van der Waals surface area (Å²) in [5.74, 6) is 1.09. The molecular weight excluding hydrogens is 340 g/mol. The van der Waals surface area contributed by atoms with Crippen molar-refractivity contribution in [1.29, 1.82) is 0 Å². The molecule has 0 spiro atoms. The van der Waals surface area contributed by atoms with Crippen molar-refractivity contribution in [3.63, 3.8) is 0 Å². The first-order valence-corrected chi connectivity index (χ1v) is 9.02. The summed E-state index contributed by atoms with van der Waals surface area (Å²) in [5.41, 5.74) is 8.63. The van der Waals surface area contributed by atoms with Gasteiger partial charge < -0.3 is 10.6 Å². The molecule has 1 amide bonds. The molecule has 3 nitrogen and oxygen atoms in total. The smallest absolute Gasteiger partial charge is 0.254 e. The Morgan fingerprint density at radius 2 is 1.83 bits per heavy atom. The van der Waals surface area contributed by atoms with E-state index in [1.54, 1.807) is 0 Å². The molecule has 5 heteroatoms. The average Bonchev–Trinajstić information content (AvgIpc) is 2.61. The first-order chi connectivity index (χ1) is 11.2. The van der Waals surface area contributed by atoms with Gasteiger partial charge in [0.15, 0.2) is 0 Å². The number of hydrogen-bond acceptors (Lipinski definition) is 3. The Morgan fingerprint density at radius 1 is 1.17 bits per heavy atom. The summed E-state index contributed by atoms with van der Waals surface area (Å²) in [4.78, 5) is 15.0. The number of hydrogen-bond donors (Lipinski definition) is 1. The summed E-state index contributed by atoms with van der Waals surface area (Å²) in [6.07, 6.45) is 0. The first kappa shape index (κ1) is 18.8. The van der Waals surface area contributed by atoms with E-state index in [-0.39, 0.29) is 24.4 Å². The lowest BCUT2D eigenvalue weighted by atomic mass is 10.0. The Morgan fingerprint density at radius 3 is 2.46 bits per heavy atom. The number of carbonyl (C=O) groups excluding carboxylic acids is 1. The maximum absolute atomic E-state index is 13.0. The van der Waals surface area contributed by atoms with Crippen LogP contribution in [0.4, 0.5) is 0 Å². The zero-order valence-electron chi connectivity index (χ0n) is 13.7. The maximum Gasteiger partial charge on any atom is 0.254 e. The molecule has 1 fully saturated rings. The van der Waals surface area contributed by atoms with Crippen LogP contribution in [0.2, 0.25) is 0 Å². The van der Waals surface area contributed by atoms with Crippen molar-refractivity contribution >= 4 is 30.1 Å². The van der Waals surface area contributed by atoms with Gasteiger partial charge in [-0.25, -0.2) is 0 Å². The molecule has 2 atom stereocenters. The lowest BCUT2D eigenvalue weighted by Gasteiger charge is -2.40. The fraction of sp³-hybridized carbons (Fsp3) is 0.316. The fourth-order valence-electron chi connectivity index (χ4n) is 3.10. The highest BCUT2D eigenvalue weighted by Crippen LogP contribution is 2.36. The van der Waals surface area contributed by atoms with Crippen LogP contribution in [0.15, 0.2) is 54.6 Å². The van der Waals surface area contributed by atoms with Crippen LogP contribution in [-0.4, -0.2) is 28.4 Å². The standard InChI is InChI=1S/C19H22N2OS.ClH/c1-14-18(16-5-3-2-4-6-16)21(11-12-23-14)19(22)17-9-7-15(13-20)8-10-17;/h2-10,14,18H,11-13,20H2,1H3;1H. The largest absolute Gasteiger partial charge is 0.330 e. The number of benzene rings is 2.